The second-order valence-electron chi connectivity index (χ2n) is 3.98. The summed E-state index contributed by atoms with van der Waals surface area (Å²) in [6, 6.07) is 8.33. The molecule has 1 rings (SSSR count). The second-order valence-corrected chi connectivity index (χ2v) is 3.98. The van der Waals surface area contributed by atoms with Crippen LogP contribution in [0.3, 0.4) is 0 Å². The first-order chi connectivity index (χ1) is 8.77. The van der Waals surface area contributed by atoms with E-state index in [9.17, 15) is 0 Å². The molecule has 0 heterocycles. The number of aliphatic imine (C=N–C) groups is 1. The number of benzene rings is 1. The summed E-state index contributed by atoms with van der Waals surface area (Å²) < 4.78 is 5.27. The third-order valence-corrected chi connectivity index (χ3v) is 2.67. The van der Waals surface area contributed by atoms with Gasteiger partial charge in [0.25, 0.3) is 0 Å². The molecular formula is C14H23N3O. The van der Waals surface area contributed by atoms with Crippen LogP contribution in [0, 0.1) is 6.92 Å². The van der Waals surface area contributed by atoms with Gasteiger partial charge in [-0.15, -0.1) is 0 Å². The highest BCUT2D eigenvalue weighted by molar-refractivity contribution is 5.79. The van der Waals surface area contributed by atoms with Crippen LogP contribution in [0.5, 0.6) is 0 Å². The SMILES string of the molecule is CCOCCNC(=NC)NCc1ccccc1C. The van der Waals surface area contributed by atoms with E-state index in [2.05, 4.69) is 40.7 Å². The van der Waals surface area contributed by atoms with E-state index in [0.29, 0.717) is 6.61 Å². The van der Waals surface area contributed by atoms with Gasteiger partial charge in [-0.1, -0.05) is 24.3 Å². The van der Waals surface area contributed by atoms with E-state index < -0.39 is 0 Å². The van der Waals surface area contributed by atoms with Gasteiger partial charge in [0.2, 0.25) is 0 Å². The minimum absolute atomic E-state index is 0.696. The van der Waals surface area contributed by atoms with Gasteiger partial charge in [0.1, 0.15) is 0 Å². The zero-order valence-electron chi connectivity index (χ0n) is 11.5. The summed E-state index contributed by atoms with van der Waals surface area (Å²) in [6.45, 7) is 7.09. The zero-order valence-corrected chi connectivity index (χ0v) is 11.5. The molecule has 0 unspecified atom stereocenters. The zero-order chi connectivity index (χ0) is 13.2. The molecule has 1 aromatic carbocycles. The molecule has 0 radical (unpaired) electrons. The fourth-order valence-electron chi connectivity index (χ4n) is 1.59. The normalized spacial score (nSPS) is 11.4. The van der Waals surface area contributed by atoms with Gasteiger partial charge in [-0.05, 0) is 25.0 Å². The lowest BCUT2D eigenvalue weighted by molar-refractivity contribution is 0.152. The third kappa shape index (κ3) is 5.19. The highest BCUT2D eigenvalue weighted by Crippen LogP contribution is 2.05. The summed E-state index contributed by atoms with van der Waals surface area (Å²) in [5, 5.41) is 6.49. The highest BCUT2D eigenvalue weighted by Gasteiger charge is 1.99. The van der Waals surface area contributed by atoms with Gasteiger partial charge in [-0.25, -0.2) is 0 Å². The van der Waals surface area contributed by atoms with Crippen molar-refractivity contribution in [2.24, 2.45) is 4.99 Å². The van der Waals surface area contributed by atoms with Crippen molar-refractivity contribution in [2.75, 3.05) is 26.8 Å². The molecule has 2 N–H and O–H groups in total. The Labute approximate surface area is 109 Å². The highest BCUT2D eigenvalue weighted by atomic mass is 16.5. The molecule has 0 saturated heterocycles. The monoisotopic (exact) mass is 249 g/mol. The molecule has 0 amide bonds. The Morgan fingerprint density at radius 1 is 1.28 bits per heavy atom. The average molecular weight is 249 g/mol. The molecule has 18 heavy (non-hydrogen) atoms. The molecule has 0 aliphatic rings. The lowest BCUT2D eigenvalue weighted by Gasteiger charge is -2.13. The first-order valence-corrected chi connectivity index (χ1v) is 6.34. The minimum atomic E-state index is 0.696. The fraction of sp³-hybridized carbons (Fsp3) is 0.500. The van der Waals surface area contributed by atoms with Crippen molar-refractivity contribution in [1.29, 1.82) is 0 Å². The summed E-state index contributed by atoms with van der Waals surface area (Å²) in [5.74, 6) is 0.804. The van der Waals surface area contributed by atoms with Crippen LogP contribution in [0.2, 0.25) is 0 Å². The van der Waals surface area contributed by atoms with Gasteiger partial charge < -0.3 is 15.4 Å². The average Bonchev–Trinajstić information content (AvgIpc) is 2.40. The summed E-state index contributed by atoms with van der Waals surface area (Å²) >= 11 is 0. The molecule has 0 aromatic heterocycles. The number of hydrogen-bond acceptors (Lipinski definition) is 2. The van der Waals surface area contributed by atoms with Crippen LogP contribution in [-0.2, 0) is 11.3 Å². The predicted molar refractivity (Wildman–Crippen MR) is 75.9 cm³/mol. The van der Waals surface area contributed by atoms with Crippen molar-refractivity contribution in [1.82, 2.24) is 10.6 Å². The maximum atomic E-state index is 5.27. The molecule has 4 heteroatoms. The Bertz CT molecular complexity index is 377. The standard InChI is InChI=1S/C14H23N3O/c1-4-18-10-9-16-14(15-3)17-11-13-8-6-5-7-12(13)2/h5-8H,4,9-11H2,1-3H3,(H2,15,16,17). The fourth-order valence-corrected chi connectivity index (χ4v) is 1.59. The maximum Gasteiger partial charge on any atom is 0.191 e. The third-order valence-electron chi connectivity index (χ3n) is 2.67. The lowest BCUT2D eigenvalue weighted by Crippen LogP contribution is -2.38. The van der Waals surface area contributed by atoms with Crippen molar-refractivity contribution in [3.63, 3.8) is 0 Å². The summed E-state index contributed by atoms with van der Waals surface area (Å²) in [4.78, 5) is 4.17. The van der Waals surface area contributed by atoms with Crippen molar-refractivity contribution in [3.05, 3.63) is 35.4 Å². The molecule has 0 bridgehead atoms. The molecule has 0 fully saturated rings. The number of ether oxygens (including phenoxy) is 1. The number of hydrogen-bond donors (Lipinski definition) is 2. The predicted octanol–water partition coefficient (Wildman–Crippen LogP) is 1.70. The van der Waals surface area contributed by atoms with E-state index in [-0.39, 0.29) is 0 Å². The Morgan fingerprint density at radius 2 is 2.06 bits per heavy atom. The van der Waals surface area contributed by atoms with Crippen LogP contribution in [0.15, 0.2) is 29.3 Å². The molecular weight excluding hydrogens is 226 g/mol. The Balaban J connectivity index is 2.34. The molecule has 100 valence electrons. The van der Waals surface area contributed by atoms with E-state index in [4.69, 9.17) is 4.74 Å². The maximum absolute atomic E-state index is 5.27. The van der Waals surface area contributed by atoms with Crippen LogP contribution in [0.1, 0.15) is 18.1 Å². The quantitative estimate of drug-likeness (QED) is 0.458. The summed E-state index contributed by atoms with van der Waals surface area (Å²) in [6.07, 6.45) is 0. The summed E-state index contributed by atoms with van der Waals surface area (Å²) in [5.41, 5.74) is 2.57. The van der Waals surface area contributed by atoms with Crippen LogP contribution in [0.25, 0.3) is 0 Å². The molecule has 0 saturated carbocycles. The van der Waals surface area contributed by atoms with E-state index in [1.807, 2.05) is 13.0 Å². The van der Waals surface area contributed by atoms with Gasteiger partial charge in [-0.2, -0.15) is 0 Å². The van der Waals surface area contributed by atoms with E-state index in [1.165, 1.54) is 11.1 Å². The molecule has 1 aromatic rings. The molecule has 0 aliphatic carbocycles. The Kier molecular flexibility index (Phi) is 6.87. The number of nitrogens with zero attached hydrogens (tertiary/aromatic N) is 1. The van der Waals surface area contributed by atoms with Gasteiger partial charge in [0.05, 0.1) is 6.61 Å². The summed E-state index contributed by atoms with van der Waals surface area (Å²) in [7, 11) is 1.77. The number of rotatable bonds is 6. The largest absolute Gasteiger partial charge is 0.380 e. The Morgan fingerprint density at radius 3 is 2.72 bits per heavy atom. The van der Waals surface area contributed by atoms with Gasteiger partial charge in [-0.3, -0.25) is 4.99 Å². The lowest BCUT2D eigenvalue weighted by atomic mass is 10.1. The minimum Gasteiger partial charge on any atom is -0.380 e. The van der Waals surface area contributed by atoms with Gasteiger partial charge >= 0.3 is 0 Å². The number of guanidine groups is 1. The first-order valence-electron chi connectivity index (χ1n) is 6.34. The van der Waals surface area contributed by atoms with E-state index in [0.717, 1.165) is 25.7 Å². The van der Waals surface area contributed by atoms with Crippen molar-refractivity contribution < 1.29 is 4.74 Å². The number of aryl methyl sites for hydroxylation is 1. The van der Waals surface area contributed by atoms with Gasteiger partial charge in [0.15, 0.2) is 5.96 Å². The second kappa shape index (κ2) is 8.53. The first kappa shape index (κ1) is 14.5. The smallest absolute Gasteiger partial charge is 0.191 e. The van der Waals surface area contributed by atoms with Crippen LogP contribution >= 0.6 is 0 Å². The van der Waals surface area contributed by atoms with Crippen molar-refractivity contribution >= 4 is 5.96 Å². The molecule has 0 atom stereocenters. The topological polar surface area (TPSA) is 45.6 Å². The van der Waals surface area contributed by atoms with E-state index >= 15 is 0 Å². The van der Waals surface area contributed by atoms with Crippen LogP contribution in [-0.4, -0.2) is 32.8 Å². The molecule has 0 aliphatic heterocycles. The van der Waals surface area contributed by atoms with E-state index in [1.54, 1.807) is 7.05 Å². The van der Waals surface area contributed by atoms with Crippen LogP contribution in [0.4, 0.5) is 0 Å². The van der Waals surface area contributed by atoms with Crippen molar-refractivity contribution in [3.8, 4) is 0 Å². The number of nitrogens with one attached hydrogen (secondary N) is 2. The van der Waals surface area contributed by atoms with Crippen molar-refractivity contribution in [2.45, 2.75) is 20.4 Å². The molecule has 4 nitrogen and oxygen atoms in total. The Hall–Kier alpha value is -1.55. The van der Waals surface area contributed by atoms with Crippen LogP contribution < -0.4 is 10.6 Å². The molecule has 0 spiro atoms. The van der Waals surface area contributed by atoms with Gasteiger partial charge in [0, 0.05) is 26.7 Å².